The number of rotatable bonds is 4. The van der Waals surface area contributed by atoms with E-state index in [9.17, 15) is 9.59 Å². The molecule has 0 aliphatic carbocycles. The largest absolute Gasteiger partial charge is 0.351 e. The second-order valence-electron chi connectivity index (χ2n) is 5.52. The predicted molar refractivity (Wildman–Crippen MR) is 97.4 cm³/mol. The molecule has 0 unspecified atom stereocenters. The third-order valence-electron chi connectivity index (χ3n) is 3.77. The zero-order chi connectivity index (χ0) is 17.9. The molecule has 0 atom stereocenters. The molecule has 0 radical (unpaired) electrons. The Hall–Kier alpha value is -3.20. The second-order valence-corrected chi connectivity index (χ2v) is 6.54. The number of aromatic nitrogens is 4. The molecule has 0 saturated heterocycles. The van der Waals surface area contributed by atoms with E-state index in [0.29, 0.717) is 11.6 Å². The number of nitrogens with zero attached hydrogens (tertiary/aromatic N) is 5. The lowest BCUT2D eigenvalue weighted by atomic mass is 10.3. The van der Waals surface area contributed by atoms with Crippen molar-refractivity contribution >= 4 is 23.9 Å². The van der Waals surface area contributed by atoms with E-state index in [1.165, 1.54) is 6.21 Å². The number of hydrogen-bond acceptors (Lipinski definition) is 6. The third kappa shape index (κ3) is 3.16. The number of fused-ring (bicyclic) bond motifs is 3. The van der Waals surface area contributed by atoms with Gasteiger partial charge in [-0.2, -0.15) is 10.2 Å². The van der Waals surface area contributed by atoms with Gasteiger partial charge in [0.15, 0.2) is 0 Å². The lowest BCUT2D eigenvalue weighted by Crippen LogP contribution is -2.31. The molecular formula is C17H14N6O2S. The molecule has 130 valence electrons. The summed E-state index contributed by atoms with van der Waals surface area (Å²) in [7, 11) is 0. The maximum absolute atomic E-state index is 12.6. The lowest BCUT2D eigenvalue weighted by Gasteiger charge is -2.15. The van der Waals surface area contributed by atoms with E-state index in [2.05, 4.69) is 20.6 Å². The fourth-order valence-electron chi connectivity index (χ4n) is 2.60. The van der Waals surface area contributed by atoms with Crippen molar-refractivity contribution in [1.29, 1.82) is 0 Å². The average Bonchev–Trinajstić information content (AvgIpc) is 2.98. The topological polar surface area (TPSA) is 94.2 Å². The fourth-order valence-corrected chi connectivity index (χ4v) is 3.55. The Balaban J connectivity index is 1.50. The van der Waals surface area contributed by atoms with Gasteiger partial charge in [-0.25, -0.2) is 19.5 Å². The van der Waals surface area contributed by atoms with Gasteiger partial charge in [-0.15, -0.1) is 11.8 Å². The molecule has 0 fully saturated rings. The standard InChI is InChI=1S/C17H14N6O2S/c24-16(20-19-9-12-5-7-18-8-6-12)10-22-17(25)23-13-3-1-2-4-14(13)26-11-15(23)21-22/h1-9H,10-11H2,(H,20,24)/b19-9+. The number of para-hydroxylation sites is 1. The molecule has 4 rings (SSSR count). The van der Waals surface area contributed by atoms with Gasteiger partial charge < -0.3 is 0 Å². The van der Waals surface area contributed by atoms with Gasteiger partial charge >= 0.3 is 5.69 Å². The van der Waals surface area contributed by atoms with Crippen LogP contribution in [-0.2, 0) is 17.1 Å². The highest BCUT2D eigenvalue weighted by Crippen LogP contribution is 2.32. The van der Waals surface area contributed by atoms with Crippen molar-refractivity contribution in [3.8, 4) is 5.69 Å². The summed E-state index contributed by atoms with van der Waals surface area (Å²) in [6.45, 7) is -0.195. The van der Waals surface area contributed by atoms with E-state index in [-0.39, 0.29) is 12.2 Å². The molecule has 2 aromatic heterocycles. The smallest absolute Gasteiger partial charge is 0.271 e. The van der Waals surface area contributed by atoms with Gasteiger partial charge in [-0.05, 0) is 29.8 Å². The molecular weight excluding hydrogens is 352 g/mol. The van der Waals surface area contributed by atoms with Gasteiger partial charge in [0.2, 0.25) is 0 Å². The van der Waals surface area contributed by atoms with Crippen LogP contribution in [0.5, 0.6) is 0 Å². The van der Waals surface area contributed by atoms with E-state index in [4.69, 9.17) is 0 Å². The summed E-state index contributed by atoms with van der Waals surface area (Å²) in [5.74, 6) is 0.793. The Morgan fingerprint density at radius 2 is 2.08 bits per heavy atom. The van der Waals surface area contributed by atoms with Gasteiger partial charge in [-0.1, -0.05) is 12.1 Å². The molecule has 3 aromatic rings. The molecule has 3 heterocycles. The number of carbonyl (C=O) groups excluding carboxylic acids is 1. The first-order chi connectivity index (χ1) is 12.7. The summed E-state index contributed by atoms with van der Waals surface area (Å²) in [4.78, 5) is 29.6. The van der Waals surface area contributed by atoms with Crippen molar-refractivity contribution in [2.24, 2.45) is 5.10 Å². The predicted octanol–water partition coefficient (Wildman–Crippen LogP) is 1.18. The van der Waals surface area contributed by atoms with Crippen LogP contribution in [-0.4, -0.2) is 31.5 Å². The number of pyridine rings is 1. The van der Waals surface area contributed by atoms with E-state index in [1.807, 2.05) is 24.3 Å². The van der Waals surface area contributed by atoms with Crippen LogP contribution in [0.1, 0.15) is 11.4 Å². The van der Waals surface area contributed by atoms with Crippen LogP contribution in [0.4, 0.5) is 0 Å². The Kier molecular flexibility index (Phi) is 4.36. The summed E-state index contributed by atoms with van der Waals surface area (Å²) in [6.07, 6.45) is 4.77. The number of benzene rings is 1. The summed E-state index contributed by atoms with van der Waals surface area (Å²) in [5, 5.41) is 8.16. The monoisotopic (exact) mass is 366 g/mol. The zero-order valence-corrected chi connectivity index (χ0v) is 14.4. The van der Waals surface area contributed by atoms with Crippen LogP contribution in [0.15, 0.2) is 63.6 Å². The van der Waals surface area contributed by atoms with E-state index >= 15 is 0 Å². The van der Waals surface area contributed by atoms with Gasteiger partial charge in [0.05, 0.1) is 17.7 Å². The highest BCUT2D eigenvalue weighted by molar-refractivity contribution is 7.98. The second kappa shape index (κ2) is 6.96. The maximum atomic E-state index is 12.6. The summed E-state index contributed by atoms with van der Waals surface area (Å²) >= 11 is 1.62. The van der Waals surface area contributed by atoms with Crippen molar-refractivity contribution in [3.63, 3.8) is 0 Å². The highest BCUT2D eigenvalue weighted by atomic mass is 32.2. The van der Waals surface area contributed by atoms with Crippen LogP contribution in [0, 0.1) is 0 Å². The molecule has 26 heavy (non-hydrogen) atoms. The Morgan fingerprint density at radius 3 is 2.92 bits per heavy atom. The maximum Gasteiger partial charge on any atom is 0.351 e. The Bertz CT molecular complexity index is 1040. The zero-order valence-electron chi connectivity index (χ0n) is 13.6. The lowest BCUT2D eigenvalue weighted by molar-refractivity contribution is -0.121. The molecule has 8 nitrogen and oxygen atoms in total. The Labute approximate surface area is 152 Å². The molecule has 1 aliphatic rings. The quantitative estimate of drug-likeness (QED) is 0.553. The van der Waals surface area contributed by atoms with Gasteiger partial charge in [0.25, 0.3) is 5.91 Å². The first-order valence-corrected chi connectivity index (χ1v) is 8.84. The minimum atomic E-state index is -0.422. The van der Waals surface area contributed by atoms with Gasteiger partial charge in [0.1, 0.15) is 12.4 Å². The molecule has 1 amide bonds. The average molecular weight is 366 g/mol. The van der Waals surface area contributed by atoms with E-state index in [0.717, 1.165) is 20.8 Å². The van der Waals surface area contributed by atoms with Crippen molar-refractivity contribution in [3.05, 3.63) is 70.7 Å². The number of carbonyl (C=O) groups is 1. The first-order valence-electron chi connectivity index (χ1n) is 7.85. The summed E-state index contributed by atoms with van der Waals surface area (Å²) < 4.78 is 2.72. The SMILES string of the molecule is O=C(Cn1nc2n(c1=O)-c1ccccc1SC2)N/N=C/c1ccncc1. The number of hydrazone groups is 1. The van der Waals surface area contributed by atoms with Crippen molar-refractivity contribution in [2.45, 2.75) is 17.2 Å². The van der Waals surface area contributed by atoms with Crippen molar-refractivity contribution < 1.29 is 4.79 Å². The van der Waals surface area contributed by atoms with E-state index < -0.39 is 5.91 Å². The van der Waals surface area contributed by atoms with E-state index in [1.54, 1.807) is 40.9 Å². The Morgan fingerprint density at radius 1 is 1.27 bits per heavy atom. The molecule has 0 bridgehead atoms. The first kappa shape index (κ1) is 16.3. The van der Waals surface area contributed by atoms with Crippen LogP contribution in [0.3, 0.4) is 0 Å². The number of hydrogen-bond donors (Lipinski definition) is 1. The van der Waals surface area contributed by atoms with Crippen LogP contribution in [0.25, 0.3) is 5.69 Å². The highest BCUT2D eigenvalue weighted by Gasteiger charge is 2.22. The molecule has 0 spiro atoms. The van der Waals surface area contributed by atoms with Crippen LogP contribution < -0.4 is 11.1 Å². The molecule has 9 heteroatoms. The van der Waals surface area contributed by atoms with Crippen LogP contribution in [0.2, 0.25) is 0 Å². The molecule has 0 saturated carbocycles. The normalized spacial score (nSPS) is 12.6. The third-order valence-corrected chi connectivity index (χ3v) is 4.83. The fraction of sp³-hybridized carbons (Fsp3) is 0.118. The molecule has 1 N–H and O–H groups in total. The van der Waals surface area contributed by atoms with Gasteiger partial charge in [0, 0.05) is 17.3 Å². The minimum Gasteiger partial charge on any atom is -0.271 e. The number of nitrogens with one attached hydrogen (secondary N) is 1. The van der Waals surface area contributed by atoms with Gasteiger partial charge in [-0.3, -0.25) is 9.78 Å². The van der Waals surface area contributed by atoms with Crippen LogP contribution >= 0.6 is 11.8 Å². The number of thioether (sulfide) groups is 1. The molecule has 1 aromatic carbocycles. The minimum absolute atomic E-state index is 0.195. The summed E-state index contributed by atoms with van der Waals surface area (Å²) in [6, 6.07) is 11.2. The molecule has 1 aliphatic heterocycles. The van der Waals surface area contributed by atoms with Crippen molar-refractivity contribution in [2.75, 3.05) is 0 Å². The number of amides is 1. The van der Waals surface area contributed by atoms with Crippen molar-refractivity contribution in [1.82, 2.24) is 24.8 Å². The summed E-state index contributed by atoms with van der Waals surface area (Å²) in [5.41, 5.74) is 3.68.